The number of methoxy groups -OCH3 is 1. The van der Waals surface area contributed by atoms with Crippen molar-refractivity contribution < 1.29 is 27.4 Å². The summed E-state index contributed by atoms with van der Waals surface area (Å²) in [6.45, 7) is 4.99. The van der Waals surface area contributed by atoms with Gasteiger partial charge in [0.25, 0.3) is 0 Å². The highest BCUT2D eigenvalue weighted by molar-refractivity contribution is 6.02. The summed E-state index contributed by atoms with van der Waals surface area (Å²) in [5.41, 5.74) is 2.05. The minimum Gasteiger partial charge on any atom is -0.494 e. The van der Waals surface area contributed by atoms with E-state index in [1.165, 1.54) is 37.6 Å². The molecule has 0 saturated carbocycles. The van der Waals surface area contributed by atoms with Gasteiger partial charge in [-0.05, 0) is 44.4 Å². The lowest BCUT2D eigenvalue weighted by molar-refractivity contribution is -0.274. The number of nitrogens with zero attached hydrogens (tertiary/aromatic N) is 4. The van der Waals surface area contributed by atoms with Crippen molar-refractivity contribution in [2.24, 2.45) is 0 Å². The minimum atomic E-state index is -4.80. The first-order valence-electron chi connectivity index (χ1n) is 11.7. The third-order valence-electron chi connectivity index (χ3n) is 5.30. The van der Waals surface area contributed by atoms with Crippen LogP contribution in [0.25, 0.3) is 0 Å². The lowest BCUT2D eigenvalue weighted by Gasteiger charge is -2.26. The van der Waals surface area contributed by atoms with Gasteiger partial charge < -0.3 is 35.2 Å². The molecule has 0 aliphatic heterocycles. The van der Waals surface area contributed by atoms with Crippen molar-refractivity contribution in [2.45, 2.75) is 6.36 Å². The maximum Gasteiger partial charge on any atom is 0.573 e. The van der Waals surface area contributed by atoms with Gasteiger partial charge >= 0.3 is 6.36 Å². The Morgan fingerprint density at radius 2 is 1.85 bits per heavy atom. The molecule has 1 heterocycles. The van der Waals surface area contributed by atoms with Gasteiger partial charge in [-0.15, -0.1) is 13.2 Å². The summed E-state index contributed by atoms with van der Waals surface area (Å²) in [7, 11) is 7.36. The summed E-state index contributed by atoms with van der Waals surface area (Å²) < 4.78 is 47.3. The number of halogens is 3. The van der Waals surface area contributed by atoms with Crippen LogP contribution >= 0.6 is 0 Å². The Morgan fingerprint density at radius 1 is 1.08 bits per heavy atom. The number of hydrogen-bond acceptors (Lipinski definition) is 9. The number of alkyl halides is 3. The van der Waals surface area contributed by atoms with Crippen LogP contribution in [0.3, 0.4) is 0 Å². The number of amides is 1. The molecule has 1 aromatic heterocycles. The van der Waals surface area contributed by atoms with E-state index in [0.29, 0.717) is 35.2 Å². The summed E-state index contributed by atoms with van der Waals surface area (Å²) in [6, 6.07) is 10.4. The number of benzene rings is 2. The van der Waals surface area contributed by atoms with Gasteiger partial charge in [0, 0.05) is 44.2 Å². The largest absolute Gasteiger partial charge is 0.573 e. The van der Waals surface area contributed by atoms with Crippen molar-refractivity contribution in [2.75, 3.05) is 62.2 Å². The first-order valence-corrected chi connectivity index (χ1v) is 11.7. The predicted octanol–water partition coefficient (Wildman–Crippen LogP) is 4.99. The normalized spacial score (nSPS) is 11.1. The van der Waals surface area contributed by atoms with Gasteiger partial charge in [0.2, 0.25) is 11.9 Å². The molecule has 0 saturated heterocycles. The van der Waals surface area contributed by atoms with Crippen LogP contribution < -0.4 is 30.3 Å². The van der Waals surface area contributed by atoms with Crippen molar-refractivity contribution in [1.29, 1.82) is 0 Å². The van der Waals surface area contributed by atoms with Gasteiger partial charge in [0.1, 0.15) is 17.3 Å². The maximum atomic E-state index is 12.6. The monoisotopic (exact) mass is 545 g/mol. The Morgan fingerprint density at radius 3 is 2.51 bits per heavy atom. The van der Waals surface area contributed by atoms with E-state index in [4.69, 9.17) is 4.74 Å². The number of carbonyl (C=O) groups excluding carboxylic acids is 1. The molecular weight excluding hydrogens is 515 g/mol. The second-order valence-corrected chi connectivity index (χ2v) is 8.58. The highest BCUT2D eigenvalue weighted by Crippen LogP contribution is 2.38. The molecule has 13 heteroatoms. The molecule has 3 N–H and O–H groups in total. The first-order chi connectivity index (χ1) is 18.5. The number of likely N-dealkylation sites (N-methyl/N-ethyl adjacent to an activating group) is 2. The molecule has 0 radical (unpaired) electrons. The lowest BCUT2D eigenvalue weighted by atomic mass is 10.2. The van der Waals surface area contributed by atoms with E-state index < -0.39 is 6.36 Å². The minimum absolute atomic E-state index is 0.177. The summed E-state index contributed by atoms with van der Waals surface area (Å²) in [4.78, 5) is 24.8. The Labute approximate surface area is 224 Å². The number of ether oxygens (including phenoxy) is 2. The number of nitrogens with one attached hydrogen (secondary N) is 3. The van der Waals surface area contributed by atoms with Crippen LogP contribution in [0, 0.1) is 0 Å². The SMILES string of the molecule is C=CC(=O)Nc1cc(Nc2nccc(Nc3cccc(OC(F)(F)F)c3)n2)c(OC)cc1N(C)CCN(C)C. The predicted molar refractivity (Wildman–Crippen MR) is 145 cm³/mol. The molecule has 2 aromatic carbocycles. The molecule has 3 rings (SSSR count). The Kier molecular flexibility index (Phi) is 9.55. The fraction of sp³-hybridized carbons (Fsp3) is 0.269. The van der Waals surface area contributed by atoms with E-state index in [1.54, 1.807) is 24.3 Å². The van der Waals surface area contributed by atoms with Crippen molar-refractivity contribution in [3.63, 3.8) is 0 Å². The number of aromatic nitrogens is 2. The van der Waals surface area contributed by atoms with E-state index in [0.717, 1.165) is 12.2 Å². The van der Waals surface area contributed by atoms with E-state index in [9.17, 15) is 18.0 Å². The fourth-order valence-corrected chi connectivity index (χ4v) is 3.43. The summed E-state index contributed by atoms with van der Waals surface area (Å²) in [5.74, 6) is 0.214. The summed E-state index contributed by atoms with van der Waals surface area (Å²) in [6.07, 6.45) is -2.15. The third kappa shape index (κ3) is 8.78. The average Bonchev–Trinajstić information content (AvgIpc) is 2.86. The van der Waals surface area contributed by atoms with Gasteiger partial charge in [0.05, 0.1) is 24.2 Å². The van der Waals surface area contributed by atoms with Gasteiger partial charge in [-0.2, -0.15) is 4.98 Å². The number of rotatable bonds is 12. The molecule has 0 fully saturated rings. The molecule has 208 valence electrons. The van der Waals surface area contributed by atoms with Crippen LogP contribution in [0.2, 0.25) is 0 Å². The summed E-state index contributed by atoms with van der Waals surface area (Å²) in [5, 5.41) is 8.82. The molecule has 10 nitrogen and oxygen atoms in total. The Hall–Kier alpha value is -4.52. The van der Waals surface area contributed by atoms with Crippen LogP contribution in [-0.2, 0) is 4.79 Å². The number of carbonyl (C=O) groups is 1. The van der Waals surface area contributed by atoms with Gasteiger partial charge in [0.15, 0.2) is 0 Å². The Balaban J connectivity index is 1.88. The molecule has 0 unspecified atom stereocenters. The number of anilines is 6. The van der Waals surface area contributed by atoms with E-state index in [-0.39, 0.29) is 17.6 Å². The molecule has 0 aliphatic rings. The van der Waals surface area contributed by atoms with Crippen molar-refractivity contribution in [3.05, 3.63) is 61.3 Å². The summed E-state index contributed by atoms with van der Waals surface area (Å²) >= 11 is 0. The quantitative estimate of drug-likeness (QED) is 0.272. The zero-order chi connectivity index (χ0) is 28.6. The maximum absolute atomic E-state index is 12.6. The van der Waals surface area contributed by atoms with E-state index in [1.807, 2.05) is 30.9 Å². The lowest BCUT2D eigenvalue weighted by Crippen LogP contribution is -2.29. The molecule has 0 aliphatic carbocycles. The molecule has 0 bridgehead atoms. The van der Waals surface area contributed by atoms with E-state index >= 15 is 0 Å². The third-order valence-corrected chi connectivity index (χ3v) is 5.30. The van der Waals surface area contributed by atoms with Crippen LogP contribution in [0.15, 0.2) is 61.3 Å². The van der Waals surface area contributed by atoms with Crippen molar-refractivity contribution in [3.8, 4) is 11.5 Å². The Bertz CT molecular complexity index is 1300. The second-order valence-electron chi connectivity index (χ2n) is 8.58. The first kappa shape index (κ1) is 29.0. The topological polar surface area (TPSA) is 104 Å². The smallest absolute Gasteiger partial charge is 0.494 e. The van der Waals surface area contributed by atoms with E-state index in [2.05, 4.69) is 37.2 Å². The van der Waals surface area contributed by atoms with Gasteiger partial charge in [-0.25, -0.2) is 4.98 Å². The van der Waals surface area contributed by atoms with Crippen LogP contribution in [0.5, 0.6) is 11.5 Å². The molecule has 1 amide bonds. The molecule has 39 heavy (non-hydrogen) atoms. The molecule has 3 aromatic rings. The number of hydrogen-bond donors (Lipinski definition) is 3. The standard InChI is InChI=1S/C26H30F3N7O3/c1-6-24(37)32-19-15-20(22(38-5)16-21(19)36(4)13-12-35(2)3)33-25-30-11-10-23(34-25)31-17-8-7-9-18(14-17)39-26(27,28)29/h6-11,14-16H,1,12-13H2,2-5H3,(H,32,37)(H2,30,31,33,34). The zero-order valence-corrected chi connectivity index (χ0v) is 22.0. The van der Waals surface area contributed by atoms with Crippen LogP contribution in [-0.4, -0.2) is 68.5 Å². The fourth-order valence-electron chi connectivity index (χ4n) is 3.43. The average molecular weight is 546 g/mol. The molecule has 0 spiro atoms. The van der Waals surface area contributed by atoms with Crippen molar-refractivity contribution in [1.82, 2.24) is 14.9 Å². The highest BCUT2D eigenvalue weighted by atomic mass is 19.4. The molecule has 0 atom stereocenters. The highest BCUT2D eigenvalue weighted by Gasteiger charge is 2.31. The van der Waals surface area contributed by atoms with Gasteiger partial charge in [-0.1, -0.05) is 12.6 Å². The van der Waals surface area contributed by atoms with Crippen LogP contribution in [0.4, 0.5) is 47.7 Å². The molecular formula is C26H30F3N7O3. The van der Waals surface area contributed by atoms with Crippen molar-refractivity contribution >= 4 is 40.4 Å². The zero-order valence-electron chi connectivity index (χ0n) is 22.0. The van der Waals surface area contributed by atoms with Crippen LogP contribution in [0.1, 0.15) is 0 Å². The van der Waals surface area contributed by atoms with Gasteiger partial charge in [-0.3, -0.25) is 4.79 Å². The second kappa shape index (κ2) is 12.8.